The van der Waals surface area contributed by atoms with E-state index in [9.17, 15) is 4.79 Å². The second kappa shape index (κ2) is 6.55. The predicted octanol–water partition coefficient (Wildman–Crippen LogP) is 4.29. The first-order valence-electron chi connectivity index (χ1n) is 7.17. The molecule has 0 spiro atoms. The van der Waals surface area contributed by atoms with Crippen molar-refractivity contribution in [2.75, 3.05) is 0 Å². The number of hydrogen-bond acceptors (Lipinski definition) is 5. The van der Waals surface area contributed by atoms with Crippen molar-refractivity contribution < 1.29 is 13.7 Å². The third-order valence-electron chi connectivity index (χ3n) is 3.02. The van der Waals surface area contributed by atoms with Gasteiger partial charge in [-0.15, -0.1) is 0 Å². The molecule has 0 aliphatic rings. The van der Waals surface area contributed by atoms with Crippen LogP contribution >= 0.6 is 11.6 Å². The van der Waals surface area contributed by atoms with Crippen molar-refractivity contribution >= 4 is 27.7 Å². The summed E-state index contributed by atoms with van der Waals surface area (Å²) >= 11 is 6.09. The van der Waals surface area contributed by atoms with Crippen LogP contribution in [0.25, 0.3) is 11.3 Å². The van der Waals surface area contributed by atoms with Crippen molar-refractivity contribution in [3.8, 4) is 11.3 Å². The Morgan fingerprint density at radius 3 is 2.57 bits per heavy atom. The highest BCUT2D eigenvalue weighted by Crippen LogP contribution is 2.36. The van der Waals surface area contributed by atoms with Crippen LogP contribution in [0, 0.1) is 0 Å². The molecule has 2 heterocycles. The molecule has 0 aromatic carbocycles. The second-order valence-electron chi connectivity index (χ2n) is 6.70. The lowest BCUT2D eigenvalue weighted by Gasteiger charge is -2.27. The summed E-state index contributed by atoms with van der Waals surface area (Å²) in [4.78, 5) is 15.6. The highest BCUT2D eigenvalue weighted by Gasteiger charge is 2.34. The zero-order valence-corrected chi connectivity index (χ0v) is 15.6. The van der Waals surface area contributed by atoms with Crippen LogP contribution in [-0.2, 0) is 10.0 Å². The van der Waals surface area contributed by atoms with Crippen LogP contribution in [0.15, 0.2) is 22.9 Å². The average molecular weight is 351 g/mol. The number of aromatic nitrogens is 2. The molecule has 122 valence electrons. The van der Waals surface area contributed by atoms with Crippen LogP contribution < -0.4 is 0 Å². The molecular formula is C16H19ClN2O3Si. The second-order valence-corrected chi connectivity index (χ2v) is 8.96. The number of hydrogen-bond donors (Lipinski definition) is 0. The lowest BCUT2D eigenvalue weighted by molar-refractivity contribution is 0.0732. The van der Waals surface area contributed by atoms with Crippen LogP contribution in [0.4, 0.5) is 0 Å². The van der Waals surface area contributed by atoms with Crippen molar-refractivity contribution in [1.29, 1.82) is 0 Å². The minimum atomic E-state index is -0.776. The topological polar surface area (TPSA) is 65.2 Å². The molecular weight excluding hydrogens is 332 g/mol. The Morgan fingerprint density at radius 1 is 1.30 bits per heavy atom. The van der Waals surface area contributed by atoms with Crippen molar-refractivity contribution in [3.05, 3.63) is 34.8 Å². The average Bonchev–Trinajstić information content (AvgIpc) is 2.89. The molecule has 2 aromatic rings. The van der Waals surface area contributed by atoms with Gasteiger partial charge in [-0.05, 0) is 31.0 Å². The monoisotopic (exact) mass is 350 g/mol. The normalized spacial score (nSPS) is 12.4. The maximum absolute atomic E-state index is 11.6. The summed E-state index contributed by atoms with van der Waals surface area (Å²) in [6, 6.07) is 3.47. The lowest BCUT2D eigenvalue weighted by atomic mass is 9.99. The minimum Gasteiger partial charge on any atom is -0.405 e. The van der Waals surface area contributed by atoms with Crippen LogP contribution in [0.5, 0.6) is 0 Å². The van der Waals surface area contributed by atoms with Crippen molar-refractivity contribution in [1.82, 2.24) is 10.1 Å². The van der Waals surface area contributed by atoms with Gasteiger partial charge in [-0.25, -0.2) is 4.98 Å². The van der Waals surface area contributed by atoms with Gasteiger partial charge in [0.1, 0.15) is 16.4 Å². The van der Waals surface area contributed by atoms with E-state index in [0.29, 0.717) is 22.6 Å². The molecule has 23 heavy (non-hydrogen) atoms. The Morgan fingerprint density at radius 2 is 2.00 bits per heavy atom. The SMILES string of the molecule is CC(C)(C)[Si]OC(C)(C)c1onc(-c2cccnc2Cl)c1C=O. The van der Waals surface area contributed by atoms with E-state index in [2.05, 4.69) is 30.9 Å². The first-order valence-corrected chi connectivity index (χ1v) is 8.46. The minimum absolute atomic E-state index is 0.0219. The molecule has 5 nitrogen and oxygen atoms in total. The highest BCUT2D eigenvalue weighted by molar-refractivity contribution is 6.32. The van der Waals surface area contributed by atoms with Gasteiger partial charge in [-0.2, -0.15) is 0 Å². The van der Waals surface area contributed by atoms with E-state index in [0.717, 1.165) is 6.29 Å². The van der Waals surface area contributed by atoms with Gasteiger partial charge < -0.3 is 8.95 Å². The number of carbonyl (C=O) groups excluding carboxylic acids is 1. The molecule has 0 fully saturated rings. The summed E-state index contributed by atoms with van der Waals surface area (Å²) < 4.78 is 11.4. The molecule has 0 amide bonds. The fourth-order valence-electron chi connectivity index (χ4n) is 1.92. The molecule has 0 unspecified atom stereocenters. The van der Waals surface area contributed by atoms with E-state index in [1.165, 1.54) is 0 Å². The van der Waals surface area contributed by atoms with Crippen molar-refractivity contribution in [2.45, 2.75) is 45.3 Å². The molecule has 0 bridgehead atoms. The van der Waals surface area contributed by atoms with Gasteiger partial charge in [0, 0.05) is 11.8 Å². The standard InChI is InChI=1S/C16H19ClN2O3Si/c1-15(2,3)23-22-16(4,5)13-11(9-20)12(19-21-13)10-7-6-8-18-14(10)17/h6-9H,1-5H3. The predicted molar refractivity (Wildman–Crippen MR) is 89.7 cm³/mol. The molecule has 0 N–H and O–H groups in total. The lowest BCUT2D eigenvalue weighted by Crippen LogP contribution is -2.28. The summed E-state index contributed by atoms with van der Waals surface area (Å²) in [6.45, 7) is 9.97. The summed E-state index contributed by atoms with van der Waals surface area (Å²) in [6.07, 6.45) is 2.29. The van der Waals surface area contributed by atoms with Gasteiger partial charge in [0.25, 0.3) is 0 Å². The van der Waals surface area contributed by atoms with E-state index < -0.39 is 5.60 Å². The van der Waals surface area contributed by atoms with Crippen molar-refractivity contribution in [2.24, 2.45) is 0 Å². The number of rotatable bonds is 5. The van der Waals surface area contributed by atoms with Gasteiger partial charge in [-0.3, -0.25) is 4.79 Å². The first kappa shape index (κ1) is 17.8. The van der Waals surface area contributed by atoms with Crippen LogP contribution in [0.1, 0.15) is 50.7 Å². The quantitative estimate of drug-likeness (QED) is 0.457. The van der Waals surface area contributed by atoms with E-state index in [1.807, 2.05) is 13.8 Å². The maximum atomic E-state index is 11.6. The van der Waals surface area contributed by atoms with E-state index in [4.69, 9.17) is 20.6 Å². The zero-order valence-electron chi connectivity index (χ0n) is 13.8. The molecule has 0 saturated carbocycles. The van der Waals surface area contributed by atoms with E-state index in [1.54, 1.807) is 18.3 Å². The fourth-order valence-corrected chi connectivity index (χ4v) is 2.79. The van der Waals surface area contributed by atoms with Gasteiger partial charge in [-0.1, -0.05) is 37.5 Å². The summed E-state index contributed by atoms with van der Waals surface area (Å²) in [5, 5.41) is 4.31. The number of halogens is 1. The Labute approximate surface area is 143 Å². The Bertz CT molecular complexity index is 708. The summed E-state index contributed by atoms with van der Waals surface area (Å²) in [5.41, 5.74) is 0.495. The summed E-state index contributed by atoms with van der Waals surface area (Å²) in [5.74, 6) is 0.388. The number of nitrogens with zero attached hydrogens (tertiary/aromatic N) is 2. The molecule has 0 saturated heterocycles. The largest absolute Gasteiger partial charge is 0.405 e. The molecule has 0 aliphatic heterocycles. The molecule has 2 aromatic heterocycles. The molecule has 2 radical (unpaired) electrons. The maximum Gasteiger partial charge on any atom is 0.237 e. The van der Waals surface area contributed by atoms with Gasteiger partial charge in [0.15, 0.2) is 12.0 Å². The Hall–Kier alpha value is -1.50. The Balaban J connectivity index is 2.42. The van der Waals surface area contributed by atoms with Crippen LogP contribution in [0.2, 0.25) is 10.2 Å². The third kappa shape index (κ3) is 4.07. The smallest absolute Gasteiger partial charge is 0.237 e. The Kier molecular flexibility index (Phi) is 5.08. The number of carbonyl (C=O) groups is 1. The van der Waals surface area contributed by atoms with Gasteiger partial charge in [0.05, 0.1) is 5.56 Å². The molecule has 0 aliphatic carbocycles. The highest BCUT2D eigenvalue weighted by atomic mass is 35.5. The van der Waals surface area contributed by atoms with Crippen LogP contribution in [0.3, 0.4) is 0 Å². The molecule has 0 atom stereocenters. The van der Waals surface area contributed by atoms with Crippen LogP contribution in [-0.4, -0.2) is 26.2 Å². The van der Waals surface area contributed by atoms with Gasteiger partial charge >= 0.3 is 0 Å². The summed E-state index contributed by atoms with van der Waals surface area (Å²) in [7, 11) is 0.248. The van der Waals surface area contributed by atoms with Gasteiger partial charge in [0.2, 0.25) is 9.76 Å². The fraction of sp³-hybridized carbons (Fsp3) is 0.438. The van der Waals surface area contributed by atoms with E-state index >= 15 is 0 Å². The third-order valence-corrected chi connectivity index (χ3v) is 4.55. The first-order chi connectivity index (χ1) is 10.7. The zero-order chi connectivity index (χ0) is 17.3. The molecule has 7 heteroatoms. The van der Waals surface area contributed by atoms with Crippen molar-refractivity contribution in [3.63, 3.8) is 0 Å². The molecule has 2 rings (SSSR count). The number of aldehydes is 1. The van der Waals surface area contributed by atoms with E-state index in [-0.39, 0.29) is 20.0 Å². The number of pyridine rings is 1.